The van der Waals surface area contributed by atoms with E-state index in [9.17, 15) is 9.59 Å². The van der Waals surface area contributed by atoms with Gasteiger partial charge in [0.1, 0.15) is 6.04 Å². The summed E-state index contributed by atoms with van der Waals surface area (Å²) in [6.07, 6.45) is 0.398. The predicted octanol–water partition coefficient (Wildman–Crippen LogP) is 2.92. The number of nitrogens with one attached hydrogen (secondary N) is 2. The Balaban J connectivity index is 2.71. The van der Waals surface area contributed by atoms with Gasteiger partial charge in [-0.25, -0.2) is 9.59 Å². The maximum Gasteiger partial charge on any atom is 0.326 e. The van der Waals surface area contributed by atoms with Crippen molar-refractivity contribution in [2.24, 2.45) is 5.92 Å². The van der Waals surface area contributed by atoms with Crippen molar-refractivity contribution in [1.29, 1.82) is 0 Å². The number of carboxylic acids is 1. The molecule has 5 heteroatoms. The van der Waals surface area contributed by atoms with E-state index in [1.807, 2.05) is 39.8 Å². The van der Waals surface area contributed by atoms with Gasteiger partial charge in [-0.1, -0.05) is 26.0 Å². The van der Waals surface area contributed by atoms with E-state index < -0.39 is 18.0 Å². The Bertz CT molecular complexity index is 498. The summed E-state index contributed by atoms with van der Waals surface area (Å²) in [4.78, 5) is 23.0. The molecule has 2 amide bonds. The zero-order chi connectivity index (χ0) is 15.3. The lowest BCUT2D eigenvalue weighted by molar-refractivity contribution is -0.139. The maximum absolute atomic E-state index is 11.9. The van der Waals surface area contributed by atoms with Crippen LogP contribution in [0.1, 0.15) is 31.4 Å². The summed E-state index contributed by atoms with van der Waals surface area (Å²) >= 11 is 0. The quantitative estimate of drug-likeness (QED) is 0.775. The standard InChI is InChI=1S/C15H22N2O3/c1-9(2)8-13(14(18)19)17-15(20)16-12-7-5-6-10(3)11(12)4/h5-7,9,13H,8H2,1-4H3,(H,18,19)(H2,16,17,20)/t13-/m0/s1. The molecule has 110 valence electrons. The van der Waals surface area contributed by atoms with Gasteiger partial charge >= 0.3 is 12.0 Å². The highest BCUT2D eigenvalue weighted by Gasteiger charge is 2.21. The van der Waals surface area contributed by atoms with Crippen LogP contribution in [0.5, 0.6) is 0 Å². The van der Waals surface area contributed by atoms with Gasteiger partial charge in [0.05, 0.1) is 0 Å². The van der Waals surface area contributed by atoms with Crippen molar-refractivity contribution in [3.63, 3.8) is 0 Å². The largest absolute Gasteiger partial charge is 0.480 e. The second-order valence-corrected chi connectivity index (χ2v) is 5.37. The van der Waals surface area contributed by atoms with E-state index in [2.05, 4.69) is 10.6 Å². The fourth-order valence-corrected chi connectivity index (χ4v) is 1.90. The number of rotatable bonds is 5. The number of hydrogen-bond acceptors (Lipinski definition) is 2. The Morgan fingerprint density at radius 3 is 2.45 bits per heavy atom. The molecule has 0 fully saturated rings. The molecule has 5 nitrogen and oxygen atoms in total. The van der Waals surface area contributed by atoms with E-state index in [-0.39, 0.29) is 5.92 Å². The fourth-order valence-electron chi connectivity index (χ4n) is 1.90. The van der Waals surface area contributed by atoms with Gasteiger partial charge < -0.3 is 15.7 Å². The van der Waals surface area contributed by atoms with Crippen molar-refractivity contribution in [2.75, 3.05) is 5.32 Å². The van der Waals surface area contributed by atoms with Gasteiger partial charge in [0.15, 0.2) is 0 Å². The zero-order valence-corrected chi connectivity index (χ0v) is 12.4. The topological polar surface area (TPSA) is 78.4 Å². The SMILES string of the molecule is Cc1cccc(NC(=O)N[C@@H](CC(C)C)C(=O)O)c1C. The minimum Gasteiger partial charge on any atom is -0.480 e. The van der Waals surface area contributed by atoms with E-state index in [0.717, 1.165) is 11.1 Å². The number of aliphatic carboxylic acids is 1. The first-order valence-electron chi connectivity index (χ1n) is 6.67. The second-order valence-electron chi connectivity index (χ2n) is 5.37. The van der Waals surface area contributed by atoms with Crippen LogP contribution in [0.25, 0.3) is 0 Å². The van der Waals surface area contributed by atoms with E-state index in [1.165, 1.54) is 0 Å². The van der Waals surface area contributed by atoms with Crippen LogP contribution in [0.2, 0.25) is 0 Å². The summed E-state index contributed by atoms with van der Waals surface area (Å²) in [5, 5.41) is 14.3. The maximum atomic E-state index is 11.9. The normalized spacial score (nSPS) is 12.1. The summed E-state index contributed by atoms with van der Waals surface area (Å²) in [7, 11) is 0. The van der Waals surface area contributed by atoms with Gasteiger partial charge in [-0.15, -0.1) is 0 Å². The van der Waals surface area contributed by atoms with Gasteiger partial charge in [-0.2, -0.15) is 0 Å². The molecule has 0 aliphatic heterocycles. The molecular formula is C15H22N2O3. The van der Waals surface area contributed by atoms with Crippen LogP contribution in [-0.2, 0) is 4.79 Å². The number of benzene rings is 1. The molecule has 0 unspecified atom stereocenters. The first-order valence-corrected chi connectivity index (χ1v) is 6.67. The monoisotopic (exact) mass is 278 g/mol. The molecule has 1 rings (SSSR count). The molecule has 1 aromatic carbocycles. The number of hydrogen-bond donors (Lipinski definition) is 3. The molecule has 0 aromatic heterocycles. The highest BCUT2D eigenvalue weighted by atomic mass is 16.4. The summed E-state index contributed by atoms with van der Waals surface area (Å²) < 4.78 is 0. The molecular weight excluding hydrogens is 256 g/mol. The van der Waals surface area contributed by atoms with Crippen LogP contribution in [0, 0.1) is 19.8 Å². The van der Waals surface area contributed by atoms with Crippen LogP contribution in [0.3, 0.4) is 0 Å². The average molecular weight is 278 g/mol. The Hall–Kier alpha value is -2.04. The number of anilines is 1. The molecule has 0 heterocycles. The molecule has 1 atom stereocenters. The lowest BCUT2D eigenvalue weighted by Gasteiger charge is -2.17. The molecule has 3 N–H and O–H groups in total. The lowest BCUT2D eigenvalue weighted by atomic mass is 10.0. The van der Waals surface area contributed by atoms with E-state index >= 15 is 0 Å². The van der Waals surface area contributed by atoms with Crippen molar-refractivity contribution in [3.8, 4) is 0 Å². The van der Waals surface area contributed by atoms with Crippen molar-refractivity contribution >= 4 is 17.7 Å². The van der Waals surface area contributed by atoms with Crippen molar-refractivity contribution < 1.29 is 14.7 Å². The number of carbonyl (C=O) groups excluding carboxylic acids is 1. The number of aryl methyl sites for hydroxylation is 1. The summed E-state index contributed by atoms with van der Waals surface area (Å²) in [6, 6.07) is 4.23. The Kier molecular flexibility index (Phi) is 5.55. The smallest absolute Gasteiger partial charge is 0.326 e. The fraction of sp³-hybridized carbons (Fsp3) is 0.467. The van der Waals surface area contributed by atoms with Gasteiger partial charge in [0.2, 0.25) is 0 Å². The summed E-state index contributed by atoms with van der Waals surface area (Å²) in [6.45, 7) is 7.70. The molecule has 0 spiro atoms. The highest BCUT2D eigenvalue weighted by molar-refractivity contribution is 5.93. The first-order chi connectivity index (χ1) is 9.31. The number of carbonyl (C=O) groups is 2. The molecule has 0 radical (unpaired) electrons. The van der Waals surface area contributed by atoms with Crippen LogP contribution < -0.4 is 10.6 Å². The number of amides is 2. The van der Waals surface area contributed by atoms with Crippen LogP contribution >= 0.6 is 0 Å². The Labute approximate surface area is 119 Å². The molecule has 0 aliphatic carbocycles. The van der Waals surface area contributed by atoms with Crippen LogP contribution in [0.4, 0.5) is 10.5 Å². The number of urea groups is 1. The predicted molar refractivity (Wildman–Crippen MR) is 78.9 cm³/mol. The van der Waals surface area contributed by atoms with Gasteiger partial charge in [0.25, 0.3) is 0 Å². The van der Waals surface area contributed by atoms with Gasteiger partial charge in [0, 0.05) is 5.69 Å². The average Bonchev–Trinajstić information content (AvgIpc) is 2.33. The molecule has 1 aromatic rings. The molecule has 0 saturated carbocycles. The first kappa shape index (κ1) is 16.0. The Morgan fingerprint density at radius 1 is 1.25 bits per heavy atom. The van der Waals surface area contributed by atoms with E-state index in [4.69, 9.17) is 5.11 Å². The minimum absolute atomic E-state index is 0.192. The molecule has 0 bridgehead atoms. The highest BCUT2D eigenvalue weighted by Crippen LogP contribution is 2.17. The minimum atomic E-state index is -1.02. The van der Waals surface area contributed by atoms with Gasteiger partial charge in [-0.3, -0.25) is 0 Å². The molecule has 20 heavy (non-hydrogen) atoms. The van der Waals surface area contributed by atoms with Crippen LogP contribution in [-0.4, -0.2) is 23.1 Å². The molecule has 0 saturated heterocycles. The van der Waals surface area contributed by atoms with Crippen LogP contribution in [0.15, 0.2) is 18.2 Å². The third kappa shape index (κ3) is 4.57. The summed E-state index contributed by atoms with van der Waals surface area (Å²) in [5.74, 6) is -0.827. The van der Waals surface area contributed by atoms with Gasteiger partial charge in [-0.05, 0) is 43.4 Å². The molecule has 0 aliphatic rings. The van der Waals surface area contributed by atoms with E-state index in [0.29, 0.717) is 12.1 Å². The third-order valence-corrected chi connectivity index (χ3v) is 3.16. The van der Waals surface area contributed by atoms with Crippen molar-refractivity contribution in [3.05, 3.63) is 29.3 Å². The second kappa shape index (κ2) is 6.93. The van der Waals surface area contributed by atoms with Crippen molar-refractivity contribution in [2.45, 2.75) is 40.2 Å². The van der Waals surface area contributed by atoms with Crippen molar-refractivity contribution in [1.82, 2.24) is 5.32 Å². The number of carboxylic acid groups (broad SMARTS) is 1. The third-order valence-electron chi connectivity index (χ3n) is 3.16. The summed E-state index contributed by atoms with van der Waals surface area (Å²) in [5.41, 5.74) is 2.73. The Morgan fingerprint density at radius 2 is 1.90 bits per heavy atom. The lowest BCUT2D eigenvalue weighted by Crippen LogP contribution is -2.43. The van der Waals surface area contributed by atoms with E-state index in [1.54, 1.807) is 6.07 Å². The zero-order valence-electron chi connectivity index (χ0n) is 12.4.